The van der Waals surface area contributed by atoms with E-state index in [1.807, 2.05) is 97.1 Å². The van der Waals surface area contributed by atoms with Gasteiger partial charge in [-0.2, -0.15) is 10.5 Å². The standard InChI is InChI=1S/C36H34N4O6/c1-2-43-32(41)20-39-35-30(19-38)29(18-37)21-40(35)36-34(45-24-28-16-10-5-11-17-28)33(44-23-27-14-8-4-9-15-27)31(46-36)25-42-22-26-12-6-3-7-13-26/h3-17,20-21,31,33-34,36H,2,22-25H2,1H3/b39-20+/t31-,33+,34-,36?/m1/s1. The van der Waals surface area contributed by atoms with Crippen LogP contribution in [-0.4, -0.2) is 48.3 Å². The third kappa shape index (κ3) is 8.13. The van der Waals surface area contributed by atoms with Gasteiger partial charge in [0.25, 0.3) is 0 Å². The molecule has 10 heteroatoms. The van der Waals surface area contributed by atoms with Crippen molar-refractivity contribution in [2.45, 2.75) is 51.3 Å². The summed E-state index contributed by atoms with van der Waals surface area (Å²) in [5.41, 5.74) is 2.99. The van der Waals surface area contributed by atoms with Gasteiger partial charge in [0.1, 0.15) is 42.2 Å². The van der Waals surface area contributed by atoms with Crippen LogP contribution in [0.5, 0.6) is 0 Å². The van der Waals surface area contributed by atoms with Crippen molar-refractivity contribution in [3.63, 3.8) is 0 Å². The van der Waals surface area contributed by atoms with Crippen LogP contribution in [0, 0.1) is 22.7 Å². The number of ether oxygens (including phenoxy) is 5. The normalized spacial score (nSPS) is 19.1. The van der Waals surface area contributed by atoms with Gasteiger partial charge in [-0.3, -0.25) is 0 Å². The lowest BCUT2D eigenvalue weighted by Crippen LogP contribution is -2.38. The lowest BCUT2D eigenvalue weighted by molar-refractivity contribution is -0.134. The van der Waals surface area contributed by atoms with Gasteiger partial charge in [-0.05, 0) is 23.6 Å². The summed E-state index contributed by atoms with van der Waals surface area (Å²) >= 11 is 0. The lowest BCUT2D eigenvalue weighted by Gasteiger charge is -2.26. The summed E-state index contributed by atoms with van der Waals surface area (Å²) in [5.74, 6) is -0.615. The van der Waals surface area contributed by atoms with E-state index in [2.05, 4.69) is 11.1 Å². The van der Waals surface area contributed by atoms with Crippen molar-refractivity contribution in [3.05, 3.63) is 125 Å². The Morgan fingerprint density at radius 2 is 1.41 bits per heavy atom. The minimum absolute atomic E-state index is 0.000936. The van der Waals surface area contributed by atoms with Crippen molar-refractivity contribution in [1.82, 2.24) is 4.57 Å². The van der Waals surface area contributed by atoms with E-state index in [-0.39, 0.29) is 43.4 Å². The molecule has 1 aliphatic heterocycles. The van der Waals surface area contributed by atoms with Crippen LogP contribution in [-0.2, 0) is 48.3 Å². The lowest BCUT2D eigenvalue weighted by atomic mass is 10.1. The van der Waals surface area contributed by atoms with Crippen molar-refractivity contribution in [3.8, 4) is 12.1 Å². The molecule has 4 aromatic rings. The quantitative estimate of drug-likeness (QED) is 0.129. The molecule has 1 aromatic heterocycles. The molecule has 1 unspecified atom stereocenters. The molecule has 1 aliphatic rings. The SMILES string of the molecule is CCOC(=O)/C=N/c1c(C#N)c(C#N)cn1C1O[C@H](COCc2ccccc2)[C@H](OCc2ccccc2)[C@H]1OCc1ccccc1. The Morgan fingerprint density at radius 3 is 1.96 bits per heavy atom. The average Bonchev–Trinajstić information content (AvgIpc) is 3.63. The molecule has 10 nitrogen and oxygen atoms in total. The number of rotatable bonds is 14. The van der Waals surface area contributed by atoms with E-state index in [4.69, 9.17) is 23.7 Å². The molecule has 0 saturated carbocycles. The van der Waals surface area contributed by atoms with Crippen LogP contribution in [0.25, 0.3) is 0 Å². The van der Waals surface area contributed by atoms with Crippen molar-refractivity contribution in [1.29, 1.82) is 10.5 Å². The van der Waals surface area contributed by atoms with Crippen LogP contribution < -0.4 is 0 Å². The van der Waals surface area contributed by atoms with Gasteiger partial charge in [0.05, 0.1) is 38.6 Å². The average molecular weight is 619 g/mol. The molecular formula is C36H34N4O6. The van der Waals surface area contributed by atoms with E-state index in [9.17, 15) is 15.3 Å². The predicted octanol–water partition coefficient (Wildman–Crippen LogP) is 5.78. The fourth-order valence-electron chi connectivity index (χ4n) is 5.17. The summed E-state index contributed by atoms with van der Waals surface area (Å²) in [5, 5.41) is 19.9. The number of carbonyl (C=O) groups excluding carboxylic acids is 1. The van der Waals surface area contributed by atoms with Gasteiger partial charge in [-0.1, -0.05) is 91.0 Å². The van der Waals surface area contributed by atoms with Crippen LogP contribution in [0.1, 0.15) is 41.0 Å². The Hall–Kier alpha value is -5.10. The first-order valence-corrected chi connectivity index (χ1v) is 14.9. The summed E-state index contributed by atoms with van der Waals surface area (Å²) < 4.78 is 32.4. The second-order valence-electron chi connectivity index (χ2n) is 10.5. The Balaban J connectivity index is 1.51. The molecule has 1 fully saturated rings. The van der Waals surface area contributed by atoms with Gasteiger partial charge in [0.2, 0.25) is 0 Å². The van der Waals surface area contributed by atoms with Crippen LogP contribution in [0.3, 0.4) is 0 Å². The van der Waals surface area contributed by atoms with Crippen molar-refractivity contribution in [2.24, 2.45) is 4.99 Å². The fraction of sp³-hybridized carbons (Fsp3) is 0.278. The molecule has 234 valence electrons. The van der Waals surface area contributed by atoms with Crippen LogP contribution >= 0.6 is 0 Å². The molecule has 0 N–H and O–H groups in total. The van der Waals surface area contributed by atoms with Crippen LogP contribution in [0.4, 0.5) is 5.82 Å². The number of esters is 1. The minimum atomic E-state index is -0.890. The fourth-order valence-corrected chi connectivity index (χ4v) is 5.17. The molecule has 0 bridgehead atoms. The molecule has 46 heavy (non-hydrogen) atoms. The summed E-state index contributed by atoms with van der Waals surface area (Å²) in [6.45, 7) is 2.91. The highest BCUT2D eigenvalue weighted by molar-refractivity contribution is 6.23. The largest absolute Gasteiger partial charge is 0.462 e. The second kappa shape index (κ2) is 16.3. The van der Waals surface area contributed by atoms with Gasteiger partial charge < -0.3 is 28.3 Å². The summed E-state index contributed by atoms with van der Waals surface area (Å²) in [6, 6.07) is 33.4. The van der Waals surface area contributed by atoms with E-state index in [0.29, 0.717) is 6.61 Å². The number of nitriles is 2. The second-order valence-corrected chi connectivity index (χ2v) is 10.5. The number of nitrogens with zero attached hydrogens (tertiary/aromatic N) is 4. The highest BCUT2D eigenvalue weighted by Crippen LogP contribution is 2.40. The number of aliphatic imine (C=N–C) groups is 1. The zero-order chi connectivity index (χ0) is 32.1. The third-order valence-corrected chi connectivity index (χ3v) is 7.34. The molecular weight excluding hydrogens is 584 g/mol. The topological polar surface area (TPSA) is 128 Å². The van der Waals surface area contributed by atoms with E-state index < -0.39 is 30.5 Å². The van der Waals surface area contributed by atoms with Gasteiger partial charge in [-0.15, -0.1) is 0 Å². The maximum Gasteiger partial charge on any atom is 0.349 e. The van der Waals surface area contributed by atoms with E-state index in [1.165, 1.54) is 6.20 Å². The molecule has 4 atom stereocenters. The minimum Gasteiger partial charge on any atom is -0.462 e. The molecule has 5 rings (SSSR count). The molecule has 0 amide bonds. The van der Waals surface area contributed by atoms with E-state index in [0.717, 1.165) is 22.9 Å². The molecule has 1 saturated heterocycles. The molecule has 0 aliphatic carbocycles. The summed E-state index contributed by atoms with van der Waals surface area (Å²) in [7, 11) is 0. The first-order valence-electron chi connectivity index (χ1n) is 14.9. The zero-order valence-electron chi connectivity index (χ0n) is 25.4. The predicted molar refractivity (Wildman–Crippen MR) is 169 cm³/mol. The number of hydrogen-bond acceptors (Lipinski definition) is 9. The monoisotopic (exact) mass is 618 g/mol. The Morgan fingerprint density at radius 1 is 0.848 bits per heavy atom. The maximum atomic E-state index is 12.2. The zero-order valence-corrected chi connectivity index (χ0v) is 25.4. The van der Waals surface area contributed by atoms with Crippen molar-refractivity contribution >= 4 is 18.0 Å². The molecule has 2 heterocycles. The van der Waals surface area contributed by atoms with Gasteiger partial charge >= 0.3 is 5.97 Å². The Kier molecular flexibility index (Phi) is 11.4. The number of aromatic nitrogens is 1. The highest BCUT2D eigenvalue weighted by atomic mass is 16.6. The first kappa shape index (κ1) is 32.3. The number of benzene rings is 3. The maximum absolute atomic E-state index is 12.2. The Labute approximate surface area is 268 Å². The first-order chi connectivity index (χ1) is 22.6. The molecule has 0 spiro atoms. The Bertz CT molecular complexity index is 1680. The van der Waals surface area contributed by atoms with Crippen molar-refractivity contribution in [2.75, 3.05) is 13.2 Å². The van der Waals surface area contributed by atoms with E-state index >= 15 is 0 Å². The summed E-state index contributed by atoms with van der Waals surface area (Å²) in [4.78, 5) is 16.5. The molecule has 0 radical (unpaired) electrons. The van der Waals surface area contributed by atoms with Crippen molar-refractivity contribution < 1.29 is 28.5 Å². The summed E-state index contributed by atoms with van der Waals surface area (Å²) in [6.07, 6.45) is -0.365. The van der Waals surface area contributed by atoms with Gasteiger partial charge in [-0.25, -0.2) is 9.79 Å². The van der Waals surface area contributed by atoms with Crippen LogP contribution in [0.15, 0.2) is 102 Å². The van der Waals surface area contributed by atoms with Crippen LogP contribution in [0.2, 0.25) is 0 Å². The van der Waals surface area contributed by atoms with E-state index in [1.54, 1.807) is 11.5 Å². The highest BCUT2D eigenvalue weighted by Gasteiger charge is 2.48. The number of carbonyl (C=O) groups is 1. The number of hydrogen-bond donors (Lipinski definition) is 0. The van der Waals surface area contributed by atoms with Gasteiger partial charge in [0, 0.05) is 6.20 Å². The smallest absolute Gasteiger partial charge is 0.349 e. The third-order valence-electron chi connectivity index (χ3n) is 7.34. The molecule has 3 aromatic carbocycles. The van der Waals surface area contributed by atoms with Gasteiger partial charge in [0.15, 0.2) is 12.0 Å².